The Morgan fingerprint density at radius 2 is 1.95 bits per heavy atom. The first kappa shape index (κ1) is 16.0. The molecule has 2 rings (SSSR count). The fourth-order valence-electron chi connectivity index (χ4n) is 3.06. The smallest absolute Gasteiger partial charge is 0.339 e. The van der Waals surface area contributed by atoms with Crippen molar-refractivity contribution >= 4 is 17.8 Å². The van der Waals surface area contributed by atoms with Crippen LogP contribution >= 0.6 is 0 Å². The molecular weight excluding hydrogens is 286 g/mol. The minimum Gasteiger partial charge on any atom is -0.479 e. The van der Waals surface area contributed by atoms with E-state index in [4.69, 9.17) is 5.73 Å². The molecule has 0 aromatic heterocycles. The van der Waals surface area contributed by atoms with Gasteiger partial charge in [0.1, 0.15) is 0 Å². The Bertz CT molecular complexity index is 588. The van der Waals surface area contributed by atoms with Gasteiger partial charge in [0.25, 0.3) is 5.91 Å². The molecule has 7 heteroatoms. The first-order valence-corrected chi connectivity index (χ1v) is 6.91. The van der Waals surface area contributed by atoms with Crippen molar-refractivity contribution in [2.24, 2.45) is 11.7 Å². The number of amides is 2. The molecule has 3 unspecified atom stereocenters. The standard InChI is InChI=1S/C15H19N3O4/c1-9-11(17-8-10-6-4-3-5-7-10)12(19)18(2)15(9,13(16)20)14(21)22/h3-7,9,11,17H,8H2,1-2H3,(H2,16,20)(H,21,22). The Balaban J connectivity index is 2.25. The molecule has 1 saturated heterocycles. The third-order valence-corrected chi connectivity index (χ3v) is 4.36. The lowest BCUT2D eigenvalue weighted by Crippen LogP contribution is -2.62. The number of rotatable bonds is 5. The highest BCUT2D eigenvalue weighted by atomic mass is 16.4. The second-order valence-corrected chi connectivity index (χ2v) is 5.47. The maximum Gasteiger partial charge on any atom is 0.339 e. The molecule has 1 aromatic rings. The molecular formula is C15H19N3O4. The Kier molecular flexibility index (Phi) is 4.18. The van der Waals surface area contributed by atoms with E-state index in [-0.39, 0.29) is 0 Å². The average molecular weight is 305 g/mol. The van der Waals surface area contributed by atoms with E-state index in [1.54, 1.807) is 6.92 Å². The van der Waals surface area contributed by atoms with Crippen LogP contribution in [0.15, 0.2) is 30.3 Å². The summed E-state index contributed by atoms with van der Waals surface area (Å²) < 4.78 is 0. The summed E-state index contributed by atoms with van der Waals surface area (Å²) in [6.45, 7) is 1.94. The fraction of sp³-hybridized carbons (Fsp3) is 0.400. The molecule has 3 atom stereocenters. The zero-order chi connectivity index (χ0) is 16.5. The number of hydrogen-bond donors (Lipinski definition) is 3. The predicted octanol–water partition coefficient (Wildman–Crippen LogP) is -0.438. The number of carbonyl (C=O) groups excluding carboxylic acids is 2. The third-order valence-electron chi connectivity index (χ3n) is 4.36. The first-order valence-electron chi connectivity index (χ1n) is 6.91. The largest absolute Gasteiger partial charge is 0.479 e. The van der Waals surface area contributed by atoms with Crippen molar-refractivity contribution in [3.05, 3.63) is 35.9 Å². The van der Waals surface area contributed by atoms with E-state index in [1.807, 2.05) is 30.3 Å². The Morgan fingerprint density at radius 3 is 2.41 bits per heavy atom. The van der Waals surface area contributed by atoms with Crippen molar-refractivity contribution in [3.63, 3.8) is 0 Å². The second kappa shape index (κ2) is 5.76. The van der Waals surface area contributed by atoms with Gasteiger partial charge in [-0.3, -0.25) is 9.59 Å². The molecule has 22 heavy (non-hydrogen) atoms. The molecule has 0 bridgehead atoms. The molecule has 0 aliphatic carbocycles. The number of nitrogens with zero attached hydrogens (tertiary/aromatic N) is 1. The van der Waals surface area contributed by atoms with Crippen LogP contribution in [0.1, 0.15) is 12.5 Å². The topological polar surface area (TPSA) is 113 Å². The number of nitrogens with one attached hydrogen (secondary N) is 1. The van der Waals surface area contributed by atoms with Gasteiger partial charge in [0, 0.05) is 19.5 Å². The quantitative estimate of drug-likeness (QED) is 0.638. The van der Waals surface area contributed by atoms with Gasteiger partial charge in [-0.1, -0.05) is 37.3 Å². The number of primary amides is 1. The lowest BCUT2D eigenvalue weighted by atomic mass is 9.83. The minimum absolute atomic E-state index is 0.393. The van der Waals surface area contributed by atoms with Gasteiger partial charge >= 0.3 is 5.97 Å². The maximum absolute atomic E-state index is 12.4. The van der Waals surface area contributed by atoms with Gasteiger partial charge in [-0.2, -0.15) is 0 Å². The van der Waals surface area contributed by atoms with Crippen molar-refractivity contribution in [3.8, 4) is 0 Å². The molecule has 0 spiro atoms. The highest BCUT2D eigenvalue weighted by Gasteiger charge is 2.63. The summed E-state index contributed by atoms with van der Waals surface area (Å²) in [5.41, 5.74) is 4.24. The summed E-state index contributed by atoms with van der Waals surface area (Å²) in [4.78, 5) is 36.7. The Hall–Kier alpha value is -2.41. The normalized spacial score (nSPS) is 27.9. The third kappa shape index (κ3) is 2.23. The van der Waals surface area contributed by atoms with Gasteiger partial charge in [0.2, 0.25) is 11.4 Å². The van der Waals surface area contributed by atoms with E-state index in [1.165, 1.54) is 7.05 Å². The zero-order valence-corrected chi connectivity index (χ0v) is 12.4. The molecule has 1 aliphatic heterocycles. The van der Waals surface area contributed by atoms with Gasteiger partial charge in [-0.05, 0) is 5.56 Å². The number of aliphatic carboxylic acids is 1. The molecule has 1 fully saturated rings. The van der Waals surface area contributed by atoms with E-state index in [9.17, 15) is 19.5 Å². The van der Waals surface area contributed by atoms with Crippen LogP contribution in [0.4, 0.5) is 0 Å². The SMILES string of the molecule is CC1C(NCc2ccccc2)C(=O)N(C)C1(C(N)=O)C(=O)O. The number of nitrogens with two attached hydrogens (primary N) is 1. The zero-order valence-electron chi connectivity index (χ0n) is 12.4. The van der Waals surface area contributed by atoms with Crippen molar-refractivity contribution in [2.45, 2.75) is 25.0 Å². The summed E-state index contributed by atoms with van der Waals surface area (Å²) in [5.74, 6) is -3.69. The summed E-state index contributed by atoms with van der Waals surface area (Å²) in [7, 11) is 1.29. The van der Waals surface area contributed by atoms with Crippen molar-refractivity contribution in [1.82, 2.24) is 10.2 Å². The second-order valence-electron chi connectivity index (χ2n) is 5.47. The monoisotopic (exact) mass is 305 g/mol. The van der Waals surface area contributed by atoms with E-state index in [0.717, 1.165) is 10.5 Å². The number of likely N-dealkylation sites (tertiary alicyclic amines) is 1. The minimum atomic E-state index is -2.02. The van der Waals surface area contributed by atoms with Gasteiger partial charge in [-0.25, -0.2) is 4.79 Å². The summed E-state index contributed by atoms with van der Waals surface area (Å²) in [6.07, 6.45) is 0. The van der Waals surface area contributed by atoms with Gasteiger partial charge in [-0.15, -0.1) is 0 Å². The lowest BCUT2D eigenvalue weighted by molar-refractivity contribution is -0.160. The van der Waals surface area contributed by atoms with Gasteiger partial charge in [0.15, 0.2) is 0 Å². The van der Waals surface area contributed by atoms with Crippen LogP contribution in [0.2, 0.25) is 0 Å². The van der Waals surface area contributed by atoms with Crippen LogP contribution in [0, 0.1) is 5.92 Å². The molecule has 118 valence electrons. The molecule has 1 aliphatic rings. The number of benzene rings is 1. The van der Waals surface area contributed by atoms with Crippen LogP contribution in [-0.2, 0) is 20.9 Å². The number of carboxylic acid groups (broad SMARTS) is 1. The van der Waals surface area contributed by atoms with E-state index in [0.29, 0.717) is 6.54 Å². The maximum atomic E-state index is 12.4. The molecule has 2 amide bonds. The highest BCUT2D eigenvalue weighted by Crippen LogP contribution is 2.35. The van der Waals surface area contributed by atoms with E-state index in [2.05, 4.69) is 5.32 Å². The van der Waals surface area contributed by atoms with Crippen LogP contribution in [0.25, 0.3) is 0 Å². The van der Waals surface area contributed by atoms with Crippen molar-refractivity contribution < 1.29 is 19.5 Å². The van der Waals surface area contributed by atoms with Crippen molar-refractivity contribution in [1.29, 1.82) is 0 Å². The Labute approximate surface area is 128 Å². The summed E-state index contributed by atoms with van der Waals surface area (Å²) in [5, 5.41) is 12.5. The molecule has 4 N–H and O–H groups in total. The molecule has 0 saturated carbocycles. The van der Waals surface area contributed by atoms with Crippen molar-refractivity contribution in [2.75, 3.05) is 7.05 Å². The van der Waals surface area contributed by atoms with Crippen LogP contribution in [0.3, 0.4) is 0 Å². The van der Waals surface area contributed by atoms with Gasteiger partial charge in [0.05, 0.1) is 6.04 Å². The fourth-order valence-corrected chi connectivity index (χ4v) is 3.06. The number of carboxylic acids is 1. The molecule has 0 radical (unpaired) electrons. The average Bonchev–Trinajstić information content (AvgIpc) is 2.66. The van der Waals surface area contributed by atoms with Gasteiger partial charge < -0.3 is 21.1 Å². The molecule has 7 nitrogen and oxygen atoms in total. The number of carbonyl (C=O) groups is 3. The van der Waals surface area contributed by atoms with E-state index < -0.39 is 35.3 Å². The van der Waals surface area contributed by atoms with Crippen LogP contribution < -0.4 is 11.1 Å². The van der Waals surface area contributed by atoms with Crippen LogP contribution in [0.5, 0.6) is 0 Å². The first-order chi connectivity index (χ1) is 10.3. The molecule has 1 heterocycles. The predicted molar refractivity (Wildman–Crippen MR) is 78.6 cm³/mol. The summed E-state index contributed by atoms with van der Waals surface area (Å²) in [6, 6.07) is 8.61. The van der Waals surface area contributed by atoms with Crippen LogP contribution in [-0.4, -0.2) is 46.4 Å². The Morgan fingerprint density at radius 1 is 1.36 bits per heavy atom. The molecule has 1 aromatic carbocycles. The number of likely N-dealkylation sites (N-methyl/N-ethyl adjacent to an activating group) is 1. The summed E-state index contributed by atoms with van der Waals surface area (Å²) >= 11 is 0. The highest BCUT2D eigenvalue weighted by molar-refractivity contribution is 6.12. The van der Waals surface area contributed by atoms with E-state index >= 15 is 0 Å². The number of hydrogen-bond acceptors (Lipinski definition) is 4. The lowest BCUT2D eigenvalue weighted by Gasteiger charge is -2.31.